The molecule has 1 unspecified atom stereocenters. The molecule has 0 aromatic heterocycles. The lowest BCUT2D eigenvalue weighted by atomic mass is 10.1. The van der Waals surface area contributed by atoms with Crippen molar-refractivity contribution in [3.05, 3.63) is 42.0 Å². The standard InChI is InChI=1S/C22H24F3N3O4/c1-27(2)17-7-5-14(22(23,24)25)10-16(17)26-21(30)13-9-20(29)28(12-13)18-11-15(31-3)6-8-19(18)32-4/h5-8,10-11,13H,9,12H2,1-4H3,(H,26,30). The second kappa shape index (κ2) is 8.97. The largest absolute Gasteiger partial charge is 0.497 e. The Kier molecular flexibility index (Phi) is 6.52. The molecule has 7 nitrogen and oxygen atoms in total. The molecule has 1 aliphatic heterocycles. The van der Waals surface area contributed by atoms with E-state index >= 15 is 0 Å². The number of amides is 2. The van der Waals surface area contributed by atoms with Crippen molar-refractivity contribution < 1.29 is 32.2 Å². The molecule has 1 saturated heterocycles. The Morgan fingerprint density at radius 3 is 2.44 bits per heavy atom. The van der Waals surface area contributed by atoms with Gasteiger partial charge < -0.3 is 24.6 Å². The zero-order valence-electron chi connectivity index (χ0n) is 18.1. The molecule has 32 heavy (non-hydrogen) atoms. The number of hydrogen-bond acceptors (Lipinski definition) is 5. The topological polar surface area (TPSA) is 71.1 Å². The minimum atomic E-state index is -4.55. The summed E-state index contributed by atoms with van der Waals surface area (Å²) in [4.78, 5) is 28.6. The maximum absolute atomic E-state index is 13.2. The van der Waals surface area contributed by atoms with Gasteiger partial charge in [0.2, 0.25) is 11.8 Å². The van der Waals surface area contributed by atoms with E-state index in [0.29, 0.717) is 22.9 Å². The number of alkyl halides is 3. The molecule has 2 aromatic carbocycles. The highest BCUT2D eigenvalue weighted by molar-refractivity contribution is 6.05. The average molecular weight is 451 g/mol. The van der Waals surface area contributed by atoms with Crippen LogP contribution in [0.1, 0.15) is 12.0 Å². The molecule has 0 saturated carbocycles. The molecule has 2 amide bonds. The SMILES string of the molecule is COc1ccc(OC)c(N2CC(C(=O)Nc3cc(C(F)(F)F)ccc3N(C)C)CC2=O)c1. The van der Waals surface area contributed by atoms with Crippen molar-refractivity contribution in [3.63, 3.8) is 0 Å². The van der Waals surface area contributed by atoms with Crippen molar-refractivity contribution in [3.8, 4) is 11.5 Å². The van der Waals surface area contributed by atoms with E-state index in [0.717, 1.165) is 12.1 Å². The molecular weight excluding hydrogens is 427 g/mol. The zero-order valence-corrected chi connectivity index (χ0v) is 18.1. The first-order valence-corrected chi connectivity index (χ1v) is 9.77. The predicted octanol–water partition coefficient (Wildman–Crippen LogP) is 3.78. The molecule has 2 aromatic rings. The third-order valence-corrected chi connectivity index (χ3v) is 5.24. The lowest BCUT2D eigenvalue weighted by molar-refractivity contribution is -0.137. The van der Waals surface area contributed by atoms with Gasteiger partial charge >= 0.3 is 6.18 Å². The van der Waals surface area contributed by atoms with Gasteiger partial charge in [-0.1, -0.05) is 0 Å². The molecule has 0 aliphatic carbocycles. The van der Waals surface area contributed by atoms with Crippen LogP contribution in [-0.4, -0.2) is 46.7 Å². The van der Waals surface area contributed by atoms with Gasteiger partial charge in [-0.2, -0.15) is 13.2 Å². The summed E-state index contributed by atoms with van der Waals surface area (Å²) in [5, 5.41) is 2.57. The van der Waals surface area contributed by atoms with Crippen molar-refractivity contribution in [2.45, 2.75) is 12.6 Å². The van der Waals surface area contributed by atoms with E-state index in [9.17, 15) is 22.8 Å². The summed E-state index contributed by atoms with van der Waals surface area (Å²) in [6.45, 7) is 0.0600. The first-order valence-electron chi connectivity index (χ1n) is 9.77. The lowest BCUT2D eigenvalue weighted by Gasteiger charge is -2.22. The van der Waals surface area contributed by atoms with E-state index in [-0.39, 0.29) is 24.6 Å². The minimum Gasteiger partial charge on any atom is -0.497 e. The Labute approximate surface area is 183 Å². The number of ether oxygens (including phenoxy) is 2. The molecule has 1 N–H and O–H groups in total. The van der Waals surface area contributed by atoms with Gasteiger partial charge in [0.15, 0.2) is 0 Å². The van der Waals surface area contributed by atoms with Crippen LogP contribution in [0.15, 0.2) is 36.4 Å². The molecule has 0 bridgehead atoms. The van der Waals surface area contributed by atoms with Crippen molar-refractivity contribution in [2.75, 3.05) is 50.0 Å². The van der Waals surface area contributed by atoms with Gasteiger partial charge in [-0.25, -0.2) is 0 Å². The van der Waals surface area contributed by atoms with Crippen LogP contribution in [0.4, 0.5) is 30.2 Å². The van der Waals surface area contributed by atoms with E-state index in [4.69, 9.17) is 9.47 Å². The maximum Gasteiger partial charge on any atom is 0.416 e. The third-order valence-electron chi connectivity index (χ3n) is 5.24. The number of carbonyl (C=O) groups is 2. The highest BCUT2D eigenvalue weighted by atomic mass is 19.4. The Morgan fingerprint density at radius 2 is 1.84 bits per heavy atom. The van der Waals surface area contributed by atoms with E-state index in [1.54, 1.807) is 37.2 Å². The van der Waals surface area contributed by atoms with Gasteiger partial charge in [0, 0.05) is 33.1 Å². The van der Waals surface area contributed by atoms with Gasteiger partial charge in [0.05, 0.1) is 42.8 Å². The van der Waals surface area contributed by atoms with Crippen LogP contribution < -0.4 is 24.6 Å². The second-order valence-electron chi connectivity index (χ2n) is 7.56. The fraction of sp³-hybridized carbons (Fsp3) is 0.364. The van der Waals surface area contributed by atoms with Gasteiger partial charge in [-0.15, -0.1) is 0 Å². The highest BCUT2D eigenvalue weighted by Crippen LogP contribution is 2.38. The normalized spacial score (nSPS) is 16.2. The molecule has 3 rings (SSSR count). The molecule has 1 fully saturated rings. The summed E-state index contributed by atoms with van der Waals surface area (Å²) in [5.74, 6) is -0.629. The summed E-state index contributed by atoms with van der Waals surface area (Å²) in [7, 11) is 6.28. The summed E-state index contributed by atoms with van der Waals surface area (Å²) in [6, 6.07) is 8.12. The molecule has 172 valence electrons. The van der Waals surface area contributed by atoms with Crippen molar-refractivity contribution in [1.82, 2.24) is 0 Å². The van der Waals surface area contributed by atoms with Crippen LogP contribution in [0.2, 0.25) is 0 Å². The van der Waals surface area contributed by atoms with E-state index in [2.05, 4.69) is 5.32 Å². The van der Waals surface area contributed by atoms with Crippen LogP contribution in [-0.2, 0) is 15.8 Å². The number of nitrogens with one attached hydrogen (secondary N) is 1. The Morgan fingerprint density at radius 1 is 1.12 bits per heavy atom. The van der Waals surface area contributed by atoms with Crippen LogP contribution in [0, 0.1) is 5.92 Å². The van der Waals surface area contributed by atoms with E-state index < -0.39 is 23.6 Å². The fourth-order valence-electron chi connectivity index (χ4n) is 3.56. The molecule has 0 radical (unpaired) electrons. The van der Waals surface area contributed by atoms with Crippen LogP contribution >= 0.6 is 0 Å². The molecule has 1 atom stereocenters. The highest BCUT2D eigenvalue weighted by Gasteiger charge is 2.37. The number of carbonyl (C=O) groups excluding carboxylic acids is 2. The Bertz CT molecular complexity index is 1020. The summed E-state index contributed by atoms with van der Waals surface area (Å²) in [6.07, 6.45) is -4.63. The van der Waals surface area contributed by atoms with Crippen molar-refractivity contribution >= 4 is 28.9 Å². The molecule has 0 spiro atoms. The maximum atomic E-state index is 13.2. The summed E-state index contributed by atoms with van der Waals surface area (Å²) in [5.41, 5.74) is 0.0329. The van der Waals surface area contributed by atoms with Gasteiger partial charge in [0.1, 0.15) is 11.5 Å². The number of halogens is 3. The van der Waals surface area contributed by atoms with E-state index in [1.807, 2.05) is 0 Å². The number of anilines is 3. The van der Waals surface area contributed by atoms with Crippen molar-refractivity contribution in [2.24, 2.45) is 5.92 Å². The molecule has 1 heterocycles. The number of hydrogen-bond donors (Lipinski definition) is 1. The Hall–Kier alpha value is -3.43. The van der Waals surface area contributed by atoms with Crippen LogP contribution in [0.25, 0.3) is 0 Å². The first kappa shape index (κ1) is 23.2. The molecule has 1 aliphatic rings. The smallest absolute Gasteiger partial charge is 0.416 e. The van der Waals surface area contributed by atoms with Crippen molar-refractivity contribution in [1.29, 1.82) is 0 Å². The monoisotopic (exact) mass is 451 g/mol. The molecule has 10 heteroatoms. The minimum absolute atomic E-state index is 0.0275. The number of nitrogens with zero attached hydrogens (tertiary/aromatic N) is 2. The van der Waals surface area contributed by atoms with Gasteiger partial charge in [0.25, 0.3) is 0 Å². The van der Waals surface area contributed by atoms with Gasteiger partial charge in [-0.3, -0.25) is 9.59 Å². The second-order valence-corrected chi connectivity index (χ2v) is 7.56. The summed E-state index contributed by atoms with van der Waals surface area (Å²) < 4.78 is 50.0. The first-order chi connectivity index (χ1) is 15.0. The number of methoxy groups -OCH3 is 2. The van der Waals surface area contributed by atoms with Crippen LogP contribution in [0.5, 0.6) is 11.5 Å². The fourth-order valence-corrected chi connectivity index (χ4v) is 3.56. The average Bonchev–Trinajstić information content (AvgIpc) is 3.14. The number of benzene rings is 2. The Balaban J connectivity index is 1.84. The lowest BCUT2D eigenvalue weighted by Crippen LogP contribution is -2.29. The third kappa shape index (κ3) is 4.74. The zero-order chi connectivity index (χ0) is 23.6. The predicted molar refractivity (Wildman–Crippen MR) is 114 cm³/mol. The van der Waals surface area contributed by atoms with Crippen LogP contribution in [0.3, 0.4) is 0 Å². The molecular formula is C22H24F3N3O4. The summed E-state index contributed by atoms with van der Waals surface area (Å²) >= 11 is 0. The van der Waals surface area contributed by atoms with E-state index in [1.165, 1.54) is 25.2 Å². The number of rotatable bonds is 6. The quantitative estimate of drug-likeness (QED) is 0.724. The van der Waals surface area contributed by atoms with Gasteiger partial charge in [-0.05, 0) is 30.3 Å².